The van der Waals surface area contributed by atoms with Crippen molar-refractivity contribution in [3.63, 3.8) is 0 Å². The molecule has 1 atom stereocenters. The number of rotatable bonds is 4. The summed E-state index contributed by atoms with van der Waals surface area (Å²) in [5.74, 6) is -0.768. The normalized spacial score (nSPS) is 12.2. The molecule has 0 saturated heterocycles. The van der Waals surface area contributed by atoms with Crippen LogP contribution < -0.4 is 5.73 Å². The maximum atomic E-state index is 13.1. The first kappa shape index (κ1) is 12.6. The van der Waals surface area contributed by atoms with E-state index in [1.54, 1.807) is 13.8 Å². The van der Waals surface area contributed by atoms with E-state index in [0.29, 0.717) is 12.2 Å². The Morgan fingerprint density at radius 3 is 2.75 bits per heavy atom. The van der Waals surface area contributed by atoms with Gasteiger partial charge in [-0.3, -0.25) is 4.79 Å². The number of esters is 1. The van der Waals surface area contributed by atoms with Crippen molar-refractivity contribution in [3.8, 4) is 0 Å². The number of benzene rings is 1. The van der Waals surface area contributed by atoms with E-state index < -0.39 is 12.0 Å². The summed E-state index contributed by atoms with van der Waals surface area (Å²) in [7, 11) is 0. The molecular formula is C12H16FNO2. The van der Waals surface area contributed by atoms with E-state index >= 15 is 0 Å². The van der Waals surface area contributed by atoms with Crippen LogP contribution >= 0.6 is 0 Å². The van der Waals surface area contributed by atoms with Gasteiger partial charge in [0.1, 0.15) is 11.9 Å². The highest BCUT2D eigenvalue weighted by Gasteiger charge is 2.15. The summed E-state index contributed by atoms with van der Waals surface area (Å²) in [6.07, 6.45) is 0.289. The Balaban J connectivity index is 2.69. The van der Waals surface area contributed by atoms with E-state index in [1.807, 2.05) is 6.07 Å². The van der Waals surface area contributed by atoms with Gasteiger partial charge in [0.25, 0.3) is 0 Å². The topological polar surface area (TPSA) is 52.3 Å². The van der Waals surface area contributed by atoms with Crippen LogP contribution in [-0.2, 0) is 16.0 Å². The van der Waals surface area contributed by atoms with Crippen LogP contribution in [0, 0.1) is 12.7 Å². The lowest BCUT2D eigenvalue weighted by Crippen LogP contribution is -2.34. The van der Waals surface area contributed by atoms with Crippen LogP contribution in [0.15, 0.2) is 18.2 Å². The molecule has 0 amide bonds. The zero-order valence-corrected chi connectivity index (χ0v) is 9.50. The Morgan fingerprint density at radius 2 is 2.19 bits per heavy atom. The number of hydrogen-bond acceptors (Lipinski definition) is 3. The molecule has 0 aliphatic carbocycles. The van der Waals surface area contributed by atoms with Crippen LogP contribution in [0.1, 0.15) is 18.1 Å². The summed E-state index contributed by atoms with van der Waals surface area (Å²) in [6, 6.07) is 3.88. The standard InChI is InChI=1S/C12H16FNO2/c1-3-16-12(15)11(14)7-9-4-8(2)5-10(13)6-9/h4-6,11H,3,7,14H2,1-2H3. The van der Waals surface area contributed by atoms with Gasteiger partial charge in [0.15, 0.2) is 0 Å². The van der Waals surface area contributed by atoms with E-state index in [-0.39, 0.29) is 12.2 Å². The predicted octanol–water partition coefficient (Wildman–Crippen LogP) is 1.57. The fourth-order valence-corrected chi connectivity index (χ4v) is 1.52. The molecule has 88 valence electrons. The molecule has 0 heterocycles. The average Bonchev–Trinajstić information content (AvgIpc) is 2.16. The Hall–Kier alpha value is -1.42. The zero-order valence-electron chi connectivity index (χ0n) is 9.50. The molecule has 1 rings (SSSR count). The van der Waals surface area contributed by atoms with Crippen molar-refractivity contribution >= 4 is 5.97 Å². The van der Waals surface area contributed by atoms with E-state index in [4.69, 9.17) is 10.5 Å². The SMILES string of the molecule is CCOC(=O)C(N)Cc1cc(C)cc(F)c1. The van der Waals surface area contributed by atoms with Crippen LogP contribution in [0.25, 0.3) is 0 Å². The Morgan fingerprint density at radius 1 is 1.50 bits per heavy atom. The summed E-state index contributed by atoms with van der Waals surface area (Å²) in [6.45, 7) is 3.81. The molecule has 3 nitrogen and oxygen atoms in total. The number of carbonyl (C=O) groups is 1. The predicted molar refractivity (Wildman–Crippen MR) is 59.4 cm³/mol. The molecule has 0 bridgehead atoms. The van der Waals surface area contributed by atoms with Crippen molar-refractivity contribution in [2.75, 3.05) is 6.61 Å². The highest BCUT2D eigenvalue weighted by atomic mass is 19.1. The Bertz CT molecular complexity index is 359. The van der Waals surface area contributed by atoms with Crippen LogP contribution in [0.3, 0.4) is 0 Å². The Kier molecular flexibility index (Phi) is 4.43. The second-order valence-corrected chi connectivity index (χ2v) is 3.70. The molecule has 0 radical (unpaired) electrons. The fourth-order valence-electron chi connectivity index (χ4n) is 1.52. The number of halogens is 1. The molecule has 0 saturated carbocycles. The van der Waals surface area contributed by atoms with Crippen LogP contribution in [0.5, 0.6) is 0 Å². The highest BCUT2D eigenvalue weighted by Crippen LogP contribution is 2.10. The minimum absolute atomic E-state index is 0.289. The van der Waals surface area contributed by atoms with Gasteiger partial charge in [0.05, 0.1) is 6.61 Å². The zero-order chi connectivity index (χ0) is 12.1. The van der Waals surface area contributed by atoms with Crippen molar-refractivity contribution in [2.45, 2.75) is 26.3 Å². The third-order valence-corrected chi connectivity index (χ3v) is 2.15. The molecular weight excluding hydrogens is 209 g/mol. The molecule has 0 aliphatic rings. The quantitative estimate of drug-likeness (QED) is 0.791. The summed E-state index contributed by atoms with van der Waals surface area (Å²) >= 11 is 0. The number of nitrogens with two attached hydrogens (primary N) is 1. The number of hydrogen-bond donors (Lipinski definition) is 1. The lowest BCUT2D eigenvalue weighted by Gasteiger charge is -2.11. The van der Waals surface area contributed by atoms with Gasteiger partial charge >= 0.3 is 5.97 Å². The van der Waals surface area contributed by atoms with Gasteiger partial charge in [0, 0.05) is 0 Å². The van der Waals surface area contributed by atoms with Crippen LogP contribution in [-0.4, -0.2) is 18.6 Å². The molecule has 0 fully saturated rings. The summed E-state index contributed by atoms with van der Waals surface area (Å²) in [5, 5.41) is 0. The second kappa shape index (κ2) is 5.61. The van der Waals surface area contributed by atoms with E-state index in [2.05, 4.69) is 0 Å². The minimum Gasteiger partial charge on any atom is -0.465 e. The van der Waals surface area contributed by atoms with Gasteiger partial charge in [-0.1, -0.05) is 6.07 Å². The third-order valence-electron chi connectivity index (χ3n) is 2.15. The van der Waals surface area contributed by atoms with Crippen LogP contribution in [0.4, 0.5) is 4.39 Å². The number of carbonyl (C=O) groups excluding carboxylic acids is 1. The molecule has 1 unspecified atom stereocenters. The van der Waals surface area contributed by atoms with Gasteiger partial charge in [-0.05, 0) is 43.5 Å². The number of aryl methyl sites for hydroxylation is 1. The van der Waals surface area contributed by atoms with Gasteiger partial charge in [-0.15, -0.1) is 0 Å². The van der Waals surface area contributed by atoms with E-state index in [0.717, 1.165) is 5.56 Å². The first-order chi connectivity index (χ1) is 7.52. The molecule has 16 heavy (non-hydrogen) atoms. The molecule has 0 aromatic heterocycles. The van der Waals surface area contributed by atoms with Crippen molar-refractivity contribution < 1.29 is 13.9 Å². The summed E-state index contributed by atoms with van der Waals surface area (Å²) < 4.78 is 17.8. The average molecular weight is 225 g/mol. The monoisotopic (exact) mass is 225 g/mol. The Labute approximate surface area is 94.4 Å². The summed E-state index contributed by atoms with van der Waals surface area (Å²) in [4.78, 5) is 11.3. The van der Waals surface area contributed by atoms with Gasteiger partial charge in [-0.2, -0.15) is 0 Å². The first-order valence-electron chi connectivity index (χ1n) is 5.21. The lowest BCUT2D eigenvalue weighted by atomic mass is 10.0. The van der Waals surface area contributed by atoms with Crippen molar-refractivity contribution in [2.24, 2.45) is 5.73 Å². The third kappa shape index (κ3) is 3.62. The van der Waals surface area contributed by atoms with Gasteiger partial charge in [0.2, 0.25) is 0 Å². The molecule has 1 aromatic rings. The highest BCUT2D eigenvalue weighted by molar-refractivity contribution is 5.75. The molecule has 2 N–H and O–H groups in total. The molecule has 4 heteroatoms. The van der Waals surface area contributed by atoms with E-state index in [9.17, 15) is 9.18 Å². The summed E-state index contributed by atoms with van der Waals surface area (Å²) in [5.41, 5.74) is 7.16. The van der Waals surface area contributed by atoms with E-state index in [1.165, 1.54) is 12.1 Å². The maximum absolute atomic E-state index is 13.1. The van der Waals surface area contributed by atoms with Gasteiger partial charge in [-0.25, -0.2) is 4.39 Å². The molecule has 0 spiro atoms. The molecule has 1 aromatic carbocycles. The largest absolute Gasteiger partial charge is 0.465 e. The minimum atomic E-state index is -0.735. The van der Waals surface area contributed by atoms with Gasteiger partial charge < -0.3 is 10.5 Å². The maximum Gasteiger partial charge on any atom is 0.323 e. The van der Waals surface area contributed by atoms with Crippen LogP contribution in [0.2, 0.25) is 0 Å². The van der Waals surface area contributed by atoms with Crippen molar-refractivity contribution in [3.05, 3.63) is 35.1 Å². The second-order valence-electron chi connectivity index (χ2n) is 3.70. The molecule has 0 aliphatic heterocycles. The first-order valence-corrected chi connectivity index (χ1v) is 5.21. The number of ether oxygens (including phenoxy) is 1. The lowest BCUT2D eigenvalue weighted by molar-refractivity contribution is -0.144. The van der Waals surface area contributed by atoms with Crippen molar-refractivity contribution in [1.82, 2.24) is 0 Å². The van der Waals surface area contributed by atoms with Crippen molar-refractivity contribution in [1.29, 1.82) is 0 Å². The smallest absolute Gasteiger partial charge is 0.323 e. The fraction of sp³-hybridized carbons (Fsp3) is 0.417.